The Labute approximate surface area is 346 Å². The minimum Gasteiger partial charge on any atom is -0.503 e. The third kappa shape index (κ3) is 5.88. The predicted molar refractivity (Wildman–Crippen MR) is 220 cm³/mol. The van der Waals surface area contributed by atoms with E-state index in [0.29, 0.717) is 32.0 Å². The molecule has 9 rings (SSSR count). The zero-order chi connectivity index (χ0) is 40.5. The molecule has 0 unspecified atom stereocenters. The molecule has 4 aliphatic rings. The second kappa shape index (κ2) is 14.4. The maximum absolute atomic E-state index is 15.4. The number of benzene rings is 5. The van der Waals surface area contributed by atoms with Crippen LogP contribution in [-0.4, -0.2) is 40.9 Å². The predicted octanol–water partition coefficient (Wildman–Crippen LogP) is 8.89. The molecule has 2 heterocycles. The number of phenolic OH excluding ortho intramolecular Hbond substituents is 1. The van der Waals surface area contributed by atoms with Crippen LogP contribution in [0.1, 0.15) is 29.9 Å². The number of para-hydroxylation sites is 1. The third-order valence-corrected chi connectivity index (χ3v) is 12.9. The number of imide groups is 2. The molecule has 0 aromatic heterocycles. The molecule has 2 aliphatic heterocycles. The van der Waals surface area contributed by atoms with Gasteiger partial charge in [0, 0.05) is 22.3 Å². The molecule has 6 atom stereocenters. The molecule has 0 spiro atoms. The van der Waals surface area contributed by atoms with Crippen molar-refractivity contribution in [2.24, 2.45) is 23.7 Å². The lowest BCUT2D eigenvalue weighted by molar-refractivity contribution is -0.138. The number of nitrogens with zero attached hydrogens (tertiary/aromatic N) is 2. The van der Waals surface area contributed by atoms with Gasteiger partial charge in [-0.1, -0.05) is 53.6 Å². The number of aromatic hydroxyl groups is 1. The van der Waals surface area contributed by atoms with Crippen molar-refractivity contribution in [2.45, 2.75) is 24.2 Å². The number of nitrogens with one attached hydrogen (secondary N) is 2. The summed E-state index contributed by atoms with van der Waals surface area (Å²) in [6.07, 6.45) is 2.24. The van der Waals surface area contributed by atoms with Gasteiger partial charge < -0.3 is 15.2 Å². The van der Waals surface area contributed by atoms with E-state index in [-0.39, 0.29) is 36.2 Å². The number of ether oxygens (including phenoxy) is 1. The van der Waals surface area contributed by atoms with Gasteiger partial charge in [-0.15, -0.1) is 0 Å². The molecule has 2 aliphatic carbocycles. The Kier molecular flexibility index (Phi) is 9.36. The molecule has 3 N–H and O–H groups in total. The van der Waals surface area contributed by atoms with Crippen LogP contribution in [0.2, 0.25) is 5.02 Å². The van der Waals surface area contributed by atoms with Crippen molar-refractivity contribution in [1.29, 1.82) is 0 Å². The van der Waals surface area contributed by atoms with Crippen LogP contribution in [-0.2, 0) is 24.6 Å². The number of carbonyl (C=O) groups excluding carboxylic acids is 4. The maximum Gasteiger partial charge on any atom is 0.260 e. The second-order valence-electron chi connectivity index (χ2n) is 15.0. The molecule has 292 valence electrons. The monoisotopic (exact) mass is 860 g/mol. The minimum atomic E-state index is -1.60. The maximum atomic E-state index is 15.4. The van der Waals surface area contributed by atoms with E-state index < -0.39 is 52.6 Å². The highest BCUT2D eigenvalue weighted by atomic mass is 79.9. The van der Waals surface area contributed by atoms with Crippen molar-refractivity contribution in [1.82, 2.24) is 5.01 Å². The zero-order valence-corrected chi connectivity index (χ0v) is 33.2. The van der Waals surface area contributed by atoms with E-state index in [1.165, 1.54) is 36.3 Å². The quantitative estimate of drug-likeness (QED) is 0.104. The minimum absolute atomic E-state index is 0.0709. The number of allylic oxidation sites excluding steroid dienone is 2. The number of hydrogen-bond acceptors (Lipinski definition) is 8. The van der Waals surface area contributed by atoms with Gasteiger partial charge >= 0.3 is 0 Å². The van der Waals surface area contributed by atoms with Gasteiger partial charge in [0.2, 0.25) is 11.8 Å². The molecule has 0 radical (unpaired) electrons. The summed E-state index contributed by atoms with van der Waals surface area (Å²) in [5.41, 5.74) is 5.54. The van der Waals surface area contributed by atoms with Crippen molar-refractivity contribution >= 4 is 73.9 Å². The van der Waals surface area contributed by atoms with Crippen LogP contribution in [0.25, 0.3) is 0 Å². The highest BCUT2D eigenvalue weighted by Crippen LogP contribution is 2.65. The van der Waals surface area contributed by atoms with E-state index in [1.807, 2.05) is 48.5 Å². The van der Waals surface area contributed by atoms with E-state index >= 15 is 4.79 Å². The number of amides is 4. The molecule has 2 saturated heterocycles. The average molecular weight is 862 g/mol. The fourth-order valence-electron chi connectivity index (χ4n) is 9.58. The van der Waals surface area contributed by atoms with Gasteiger partial charge in [0.05, 0.1) is 46.1 Å². The van der Waals surface area contributed by atoms with Crippen LogP contribution in [0.4, 0.5) is 27.1 Å². The SMILES string of the molecule is COc1cc([C@H]2C3=CC[C@@H]4C(=O)N(c5ccc(Nc6ccccc6)cc5)C(=O)[C@@H]4[C@@H]3C[C@H]3C(=O)N(Nc4ccc(F)cc4)C(=O)[C@@]23c2ccc(Cl)cc2)cc(Br)c1O. The van der Waals surface area contributed by atoms with Gasteiger partial charge in [0.1, 0.15) is 5.82 Å². The van der Waals surface area contributed by atoms with E-state index in [0.717, 1.165) is 22.0 Å². The van der Waals surface area contributed by atoms with Gasteiger partial charge in [0.15, 0.2) is 11.5 Å². The Morgan fingerprint density at radius 2 is 1.50 bits per heavy atom. The van der Waals surface area contributed by atoms with Crippen LogP contribution in [0.3, 0.4) is 0 Å². The van der Waals surface area contributed by atoms with Crippen LogP contribution < -0.4 is 20.4 Å². The van der Waals surface area contributed by atoms with Crippen molar-refractivity contribution < 1.29 is 33.4 Å². The molecular formula is C45H35BrClFN4O6. The zero-order valence-electron chi connectivity index (χ0n) is 30.9. The van der Waals surface area contributed by atoms with E-state index in [9.17, 15) is 23.9 Å². The third-order valence-electron chi connectivity index (χ3n) is 12.0. The number of halogens is 3. The molecule has 5 aromatic carbocycles. The van der Waals surface area contributed by atoms with E-state index in [2.05, 4.69) is 26.7 Å². The first-order chi connectivity index (χ1) is 28.0. The molecule has 3 fully saturated rings. The molecule has 1 saturated carbocycles. The number of hydrogen-bond donors (Lipinski definition) is 3. The Hall–Kier alpha value is -5.98. The lowest BCUT2D eigenvalue weighted by atomic mass is 9.49. The van der Waals surface area contributed by atoms with Crippen LogP contribution in [0.5, 0.6) is 11.5 Å². The molecule has 0 bridgehead atoms. The molecule has 4 amide bonds. The van der Waals surface area contributed by atoms with E-state index in [1.54, 1.807) is 48.5 Å². The van der Waals surface area contributed by atoms with E-state index in [4.69, 9.17) is 16.3 Å². The lowest BCUT2D eigenvalue weighted by Crippen LogP contribution is -2.53. The Bertz CT molecular complexity index is 2520. The number of hydrazine groups is 1. The summed E-state index contributed by atoms with van der Waals surface area (Å²) >= 11 is 9.88. The fourth-order valence-corrected chi connectivity index (χ4v) is 10.2. The van der Waals surface area contributed by atoms with Crippen LogP contribution in [0, 0.1) is 29.5 Å². The number of methoxy groups -OCH3 is 1. The Morgan fingerprint density at radius 1 is 0.828 bits per heavy atom. The smallest absolute Gasteiger partial charge is 0.260 e. The first kappa shape index (κ1) is 37.6. The first-order valence-electron chi connectivity index (χ1n) is 18.7. The number of rotatable bonds is 8. The number of carbonyl (C=O) groups is 4. The van der Waals surface area contributed by atoms with Crippen molar-refractivity contribution in [2.75, 3.05) is 22.8 Å². The van der Waals surface area contributed by atoms with Gasteiger partial charge in [-0.2, -0.15) is 5.01 Å². The number of phenols is 1. The lowest BCUT2D eigenvalue weighted by Gasteiger charge is -2.50. The summed E-state index contributed by atoms with van der Waals surface area (Å²) in [5.74, 6) is -6.42. The van der Waals surface area contributed by atoms with Crippen molar-refractivity contribution in [3.63, 3.8) is 0 Å². The summed E-state index contributed by atoms with van der Waals surface area (Å²) in [5, 5.41) is 15.7. The molecule has 13 heteroatoms. The van der Waals surface area contributed by atoms with Crippen molar-refractivity contribution in [3.8, 4) is 11.5 Å². The molecule has 58 heavy (non-hydrogen) atoms. The Morgan fingerprint density at radius 3 is 2.19 bits per heavy atom. The summed E-state index contributed by atoms with van der Waals surface area (Å²) in [4.78, 5) is 60.6. The highest BCUT2D eigenvalue weighted by Gasteiger charge is 2.70. The largest absolute Gasteiger partial charge is 0.503 e. The summed E-state index contributed by atoms with van der Waals surface area (Å²) in [6.45, 7) is 0. The molecular weight excluding hydrogens is 827 g/mol. The summed E-state index contributed by atoms with van der Waals surface area (Å²) in [6, 6.07) is 32.2. The Balaban J connectivity index is 1.17. The van der Waals surface area contributed by atoms with Gasteiger partial charge in [0.25, 0.3) is 11.8 Å². The molecule has 5 aromatic rings. The molecule has 10 nitrogen and oxygen atoms in total. The first-order valence-corrected chi connectivity index (χ1v) is 19.9. The second-order valence-corrected chi connectivity index (χ2v) is 16.3. The normalized spacial score (nSPS) is 24.9. The van der Waals surface area contributed by atoms with Gasteiger partial charge in [-0.3, -0.25) is 29.5 Å². The standard InChI is InChI=1S/C45H35BrClFN4O6/c1-58-37-22-24(21-36(46)40(37)53)39-32-19-20-33-38(43(56)51(41(33)54)31-17-15-29(16-18-31)49-28-5-3-2-4-6-28)34(32)23-35-42(55)52(50-30-13-11-27(48)12-14-30)44(57)45(35,39)25-7-9-26(47)10-8-25/h2-19,21-22,33-35,38-39,49-50,53H,20,23H2,1H3/t33-,34+,35-,38-,39-,45+/m0/s1. The van der Waals surface area contributed by atoms with Gasteiger partial charge in [-0.25, -0.2) is 4.39 Å². The average Bonchev–Trinajstić information content (AvgIpc) is 3.61. The summed E-state index contributed by atoms with van der Waals surface area (Å²) in [7, 11) is 1.41. The number of fused-ring (bicyclic) bond motifs is 4. The van der Waals surface area contributed by atoms with Crippen LogP contribution >= 0.6 is 27.5 Å². The highest BCUT2D eigenvalue weighted by molar-refractivity contribution is 9.10. The summed E-state index contributed by atoms with van der Waals surface area (Å²) < 4.78 is 19.8. The van der Waals surface area contributed by atoms with Crippen molar-refractivity contribution in [3.05, 3.63) is 153 Å². The van der Waals surface area contributed by atoms with Crippen LogP contribution in [0.15, 0.2) is 131 Å². The fraction of sp³-hybridized carbons (Fsp3) is 0.200. The topological polar surface area (TPSA) is 128 Å². The van der Waals surface area contributed by atoms with Gasteiger partial charge in [-0.05, 0) is 131 Å². The number of anilines is 4.